The molecule has 0 aliphatic rings. The Morgan fingerprint density at radius 3 is 2.56 bits per heavy atom. The number of rotatable bonds is 5. The number of Topliss-reactive ketones (excluding diaryl/α,β-unsaturated/α-hetero) is 1. The van der Waals surface area contributed by atoms with Crippen LogP contribution in [0.25, 0.3) is 0 Å². The van der Waals surface area contributed by atoms with Crippen molar-refractivity contribution < 1.29 is 4.79 Å². The van der Waals surface area contributed by atoms with E-state index in [9.17, 15) is 4.79 Å². The molecule has 0 bridgehead atoms. The summed E-state index contributed by atoms with van der Waals surface area (Å²) in [6, 6.07) is 9.87. The first-order chi connectivity index (χ1) is 7.72. The van der Waals surface area contributed by atoms with Gasteiger partial charge in [0.25, 0.3) is 0 Å². The van der Waals surface area contributed by atoms with Crippen molar-refractivity contribution in [3.05, 3.63) is 59.7 Å². The van der Waals surface area contributed by atoms with E-state index in [0.717, 1.165) is 11.1 Å². The molecule has 0 aromatic heterocycles. The second kappa shape index (κ2) is 6.78. The smallest absolute Gasteiger partial charge is 0.141 e. The Morgan fingerprint density at radius 1 is 1.25 bits per heavy atom. The normalized spacial score (nSPS) is 12.0. The molecule has 1 nitrogen and oxygen atoms in total. The van der Waals surface area contributed by atoms with Crippen molar-refractivity contribution in [1.82, 2.24) is 0 Å². The highest BCUT2D eigenvalue weighted by molar-refractivity contribution is 5.83. The third-order valence-corrected chi connectivity index (χ3v) is 2.29. The maximum absolute atomic E-state index is 11.7. The summed E-state index contributed by atoms with van der Waals surface area (Å²) in [6.45, 7) is 3.96. The molecule has 0 fully saturated rings. The van der Waals surface area contributed by atoms with Crippen molar-refractivity contribution in [2.45, 2.75) is 26.7 Å². The van der Waals surface area contributed by atoms with Gasteiger partial charge in [0.1, 0.15) is 5.78 Å². The summed E-state index contributed by atoms with van der Waals surface area (Å²) in [5.74, 6) is 0.268. The zero-order valence-corrected chi connectivity index (χ0v) is 9.94. The van der Waals surface area contributed by atoms with Gasteiger partial charge in [0, 0.05) is 12.8 Å². The largest absolute Gasteiger partial charge is 0.299 e. The molecule has 0 radical (unpaired) electrons. The molecule has 1 heteroatoms. The van der Waals surface area contributed by atoms with Crippen LogP contribution in [0, 0.1) is 0 Å². The molecule has 0 aliphatic heterocycles. The molecular formula is C15H18O. The molecular weight excluding hydrogens is 196 g/mol. The lowest BCUT2D eigenvalue weighted by molar-refractivity contribution is -0.117. The number of allylic oxidation sites excluding steroid dienone is 4. The van der Waals surface area contributed by atoms with Crippen LogP contribution in [0.1, 0.15) is 25.8 Å². The average Bonchev–Trinajstić information content (AvgIpc) is 2.27. The van der Waals surface area contributed by atoms with Crippen LogP contribution in [0.15, 0.2) is 54.1 Å². The number of hydrogen-bond acceptors (Lipinski definition) is 1. The van der Waals surface area contributed by atoms with Crippen molar-refractivity contribution >= 4 is 5.78 Å². The number of benzene rings is 1. The van der Waals surface area contributed by atoms with E-state index < -0.39 is 0 Å². The Labute approximate surface area is 97.5 Å². The van der Waals surface area contributed by atoms with Gasteiger partial charge in [0.05, 0.1) is 0 Å². The van der Waals surface area contributed by atoms with Gasteiger partial charge in [0.2, 0.25) is 0 Å². The minimum Gasteiger partial charge on any atom is -0.299 e. The van der Waals surface area contributed by atoms with E-state index in [4.69, 9.17) is 0 Å². The predicted octanol–water partition coefficient (Wildman–Crippen LogP) is 3.71. The van der Waals surface area contributed by atoms with E-state index in [0.29, 0.717) is 12.8 Å². The van der Waals surface area contributed by atoms with E-state index in [1.807, 2.05) is 62.4 Å². The summed E-state index contributed by atoms with van der Waals surface area (Å²) in [7, 11) is 0. The molecule has 0 unspecified atom stereocenters. The van der Waals surface area contributed by atoms with Crippen LogP contribution in [0.4, 0.5) is 0 Å². The van der Waals surface area contributed by atoms with Crippen molar-refractivity contribution in [2.24, 2.45) is 0 Å². The van der Waals surface area contributed by atoms with Gasteiger partial charge in [0.15, 0.2) is 0 Å². The third-order valence-electron chi connectivity index (χ3n) is 2.29. The fourth-order valence-corrected chi connectivity index (χ4v) is 1.52. The third kappa shape index (κ3) is 4.74. The molecule has 0 atom stereocenters. The van der Waals surface area contributed by atoms with Crippen molar-refractivity contribution in [3.63, 3.8) is 0 Å². The molecule has 0 saturated carbocycles. The molecule has 16 heavy (non-hydrogen) atoms. The number of carbonyl (C=O) groups excluding carboxylic acids is 1. The highest BCUT2D eigenvalue weighted by Gasteiger charge is 2.03. The fraction of sp³-hybridized carbons (Fsp3) is 0.267. The lowest BCUT2D eigenvalue weighted by Gasteiger charge is -2.01. The van der Waals surface area contributed by atoms with Gasteiger partial charge in [-0.05, 0) is 19.4 Å². The number of carbonyl (C=O) groups is 1. The monoisotopic (exact) mass is 214 g/mol. The van der Waals surface area contributed by atoms with E-state index in [2.05, 4.69) is 0 Å². The van der Waals surface area contributed by atoms with E-state index in [1.165, 1.54) is 0 Å². The lowest BCUT2D eigenvalue weighted by Crippen LogP contribution is -2.02. The van der Waals surface area contributed by atoms with Crippen LogP contribution in [-0.4, -0.2) is 5.78 Å². The highest BCUT2D eigenvalue weighted by atomic mass is 16.1. The van der Waals surface area contributed by atoms with E-state index >= 15 is 0 Å². The lowest BCUT2D eigenvalue weighted by atomic mass is 10.0. The van der Waals surface area contributed by atoms with Crippen LogP contribution in [0.3, 0.4) is 0 Å². The quantitative estimate of drug-likeness (QED) is 0.683. The molecule has 0 saturated heterocycles. The molecule has 0 heterocycles. The molecule has 0 spiro atoms. The van der Waals surface area contributed by atoms with Crippen LogP contribution >= 0.6 is 0 Å². The molecule has 84 valence electrons. The second-order valence-electron chi connectivity index (χ2n) is 3.92. The van der Waals surface area contributed by atoms with Gasteiger partial charge in [-0.2, -0.15) is 0 Å². The molecule has 1 rings (SSSR count). The van der Waals surface area contributed by atoms with Gasteiger partial charge in [-0.3, -0.25) is 4.79 Å². The minimum atomic E-state index is 0.268. The fourth-order valence-electron chi connectivity index (χ4n) is 1.52. The van der Waals surface area contributed by atoms with E-state index in [1.54, 1.807) is 0 Å². The number of hydrogen-bond donors (Lipinski definition) is 0. The zero-order valence-electron chi connectivity index (χ0n) is 9.94. The molecule has 1 aromatic rings. The average molecular weight is 214 g/mol. The van der Waals surface area contributed by atoms with Gasteiger partial charge in [-0.25, -0.2) is 0 Å². The van der Waals surface area contributed by atoms with Crippen molar-refractivity contribution in [1.29, 1.82) is 0 Å². The summed E-state index contributed by atoms with van der Waals surface area (Å²) in [4.78, 5) is 11.7. The molecule has 0 aliphatic carbocycles. The maximum atomic E-state index is 11.7. The summed E-state index contributed by atoms with van der Waals surface area (Å²) in [6.07, 6.45) is 6.99. The van der Waals surface area contributed by atoms with Gasteiger partial charge in [-0.1, -0.05) is 54.1 Å². The van der Waals surface area contributed by atoms with Crippen LogP contribution in [0.5, 0.6) is 0 Å². The Kier molecular flexibility index (Phi) is 5.27. The Hall–Kier alpha value is -1.63. The van der Waals surface area contributed by atoms with Crippen molar-refractivity contribution in [3.8, 4) is 0 Å². The topological polar surface area (TPSA) is 17.1 Å². The Bertz CT molecular complexity index is 385. The molecule has 0 N–H and O–H groups in total. The second-order valence-corrected chi connectivity index (χ2v) is 3.92. The van der Waals surface area contributed by atoms with Gasteiger partial charge in [-0.15, -0.1) is 0 Å². The maximum Gasteiger partial charge on any atom is 0.141 e. The van der Waals surface area contributed by atoms with Gasteiger partial charge >= 0.3 is 0 Å². The Morgan fingerprint density at radius 2 is 1.94 bits per heavy atom. The SMILES string of the molecule is C/C=C\C=C(/C)CC(=O)Cc1ccccc1. The van der Waals surface area contributed by atoms with E-state index in [-0.39, 0.29) is 5.78 Å². The predicted molar refractivity (Wildman–Crippen MR) is 68.3 cm³/mol. The highest BCUT2D eigenvalue weighted by Crippen LogP contribution is 2.06. The Balaban J connectivity index is 2.48. The summed E-state index contributed by atoms with van der Waals surface area (Å²) >= 11 is 0. The molecule has 1 aromatic carbocycles. The zero-order chi connectivity index (χ0) is 11.8. The van der Waals surface area contributed by atoms with Crippen LogP contribution in [-0.2, 0) is 11.2 Å². The summed E-state index contributed by atoms with van der Waals surface area (Å²) < 4.78 is 0. The first-order valence-electron chi connectivity index (χ1n) is 5.56. The van der Waals surface area contributed by atoms with Crippen LogP contribution < -0.4 is 0 Å². The first kappa shape index (κ1) is 12.4. The standard InChI is InChI=1S/C15H18O/c1-3-4-8-13(2)11-15(16)12-14-9-6-5-7-10-14/h3-10H,11-12H2,1-2H3/b4-3-,13-8+. The van der Waals surface area contributed by atoms with Crippen molar-refractivity contribution in [2.75, 3.05) is 0 Å². The number of ketones is 1. The minimum absolute atomic E-state index is 0.268. The molecule has 0 amide bonds. The van der Waals surface area contributed by atoms with Gasteiger partial charge < -0.3 is 0 Å². The first-order valence-corrected chi connectivity index (χ1v) is 5.56. The summed E-state index contributed by atoms with van der Waals surface area (Å²) in [5, 5.41) is 0. The van der Waals surface area contributed by atoms with Crippen LogP contribution in [0.2, 0.25) is 0 Å². The summed E-state index contributed by atoms with van der Waals surface area (Å²) in [5.41, 5.74) is 2.20.